The normalized spacial score (nSPS) is 19.2. The summed E-state index contributed by atoms with van der Waals surface area (Å²) in [5.41, 5.74) is 0.680. The number of carbonyl (C=O) groups excluding carboxylic acids is 2. The molecule has 1 saturated heterocycles. The molecule has 0 saturated carbocycles. The lowest BCUT2D eigenvalue weighted by Gasteiger charge is -2.34. The molecule has 0 bridgehead atoms. The highest BCUT2D eigenvalue weighted by Gasteiger charge is 2.28. The lowest BCUT2D eigenvalue weighted by atomic mass is 10.2. The van der Waals surface area contributed by atoms with E-state index in [1.54, 1.807) is 28.5 Å². The highest BCUT2D eigenvalue weighted by molar-refractivity contribution is 7.14. The number of benzene rings is 1. The van der Waals surface area contributed by atoms with Crippen molar-refractivity contribution in [1.82, 2.24) is 9.88 Å². The number of carbonyl (C=O) groups is 2. The molecule has 1 fully saturated rings. The Hall–Kier alpha value is -2.65. The van der Waals surface area contributed by atoms with Gasteiger partial charge in [0, 0.05) is 30.1 Å². The van der Waals surface area contributed by atoms with Crippen molar-refractivity contribution >= 4 is 28.3 Å². The van der Waals surface area contributed by atoms with Crippen molar-refractivity contribution in [3.05, 3.63) is 34.8 Å². The van der Waals surface area contributed by atoms with E-state index >= 15 is 0 Å². The van der Waals surface area contributed by atoms with Crippen molar-refractivity contribution in [2.45, 2.75) is 26.1 Å². The second-order valence-electron chi connectivity index (χ2n) is 6.56. The zero-order valence-corrected chi connectivity index (χ0v) is 17.0. The summed E-state index contributed by atoms with van der Waals surface area (Å²) in [6, 6.07) is 4.89. The average Bonchev–Trinajstić information content (AvgIpc) is 3.14. The van der Waals surface area contributed by atoms with Gasteiger partial charge in [0.05, 0.1) is 26.4 Å². The Kier molecular flexibility index (Phi) is 6.15. The minimum absolute atomic E-state index is 0.0199. The van der Waals surface area contributed by atoms with Crippen LogP contribution in [-0.2, 0) is 4.74 Å². The van der Waals surface area contributed by atoms with Gasteiger partial charge in [-0.15, -0.1) is 11.3 Å². The number of thiazole rings is 1. The number of aromatic nitrogens is 1. The molecule has 1 aromatic heterocycles. The smallest absolute Gasteiger partial charge is 0.273 e. The number of nitrogens with zero attached hydrogens (tertiary/aromatic N) is 2. The minimum atomic E-state index is -0.362. The fraction of sp³-hybridized carbons (Fsp3) is 0.421. The number of amides is 2. The van der Waals surface area contributed by atoms with Gasteiger partial charge in [-0.25, -0.2) is 4.98 Å². The first kappa shape index (κ1) is 20.1. The maximum Gasteiger partial charge on any atom is 0.273 e. The standard InChI is InChI=1S/C19H23N3O5S/c1-11-8-22(9-12(2)27-11)18(24)16-10-28-19(20-16)21-17(23)13-5-14(25-3)7-15(6-13)26-4/h5-7,10-12H,8-9H2,1-4H3,(H,20,21,23)/t11-,12+. The van der Waals surface area contributed by atoms with Crippen molar-refractivity contribution in [3.8, 4) is 11.5 Å². The van der Waals surface area contributed by atoms with Crippen LogP contribution in [0.5, 0.6) is 11.5 Å². The van der Waals surface area contributed by atoms with Crippen LogP contribution in [0.3, 0.4) is 0 Å². The van der Waals surface area contributed by atoms with Crippen LogP contribution >= 0.6 is 11.3 Å². The van der Waals surface area contributed by atoms with Crippen LogP contribution in [0.1, 0.15) is 34.7 Å². The molecule has 8 nitrogen and oxygen atoms in total. The predicted molar refractivity (Wildman–Crippen MR) is 106 cm³/mol. The van der Waals surface area contributed by atoms with E-state index in [0.717, 1.165) is 0 Å². The van der Waals surface area contributed by atoms with E-state index in [4.69, 9.17) is 14.2 Å². The molecule has 0 aliphatic carbocycles. The summed E-state index contributed by atoms with van der Waals surface area (Å²) >= 11 is 1.20. The van der Waals surface area contributed by atoms with E-state index in [2.05, 4.69) is 10.3 Å². The molecule has 0 spiro atoms. The first-order chi connectivity index (χ1) is 13.4. The first-order valence-corrected chi connectivity index (χ1v) is 9.72. The molecule has 150 valence electrons. The van der Waals surface area contributed by atoms with Crippen molar-refractivity contribution in [2.75, 3.05) is 32.6 Å². The summed E-state index contributed by atoms with van der Waals surface area (Å²) < 4.78 is 16.0. The molecule has 1 N–H and O–H groups in total. The fourth-order valence-corrected chi connectivity index (χ4v) is 3.72. The van der Waals surface area contributed by atoms with Crippen molar-refractivity contribution in [2.24, 2.45) is 0 Å². The van der Waals surface area contributed by atoms with Gasteiger partial charge in [-0.2, -0.15) is 0 Å². The van der Waals surface area contributed by atoms with Gasteiger partial charge in [-0.1, -0.05) is 0 Å². The summed E-state index contributed by atoms with van der Waals surface area (Å²) in [6.45, 7) is 4.91. The summed E-state index contributed by atoms with van der Waals surface area (Å²) in [7, 11) is 3.03. The predicted octanol–water partition coefficient (Wildman–Crippen LogP) is 2.66. The number of methoxy groups -OCH3 is 2. The molecule has 3 rings (SSSR count). The number of rotatable bonds is 5. The molecular formula is C19H23N3O5S. The first-order valence-electron chi connectivity index (χ1n) is 8.84. The Morgan fingerprint density at radius 1 is 1.14 bits per heavy atom. The third-order valence-corrected chi connectivity index (χ3v) is 5.02. The highest BCUT2D eigenvalue weighted by atomic mass is 32.1. The SMILES string of the molecule is COc1cc(OC)cc(C(=O)Nc2nc(C(=O)N3C[C@@H](C)O[C@@H](C)C3)cs2)c1. The Morgan fingerprint density at radius 2 is 1.75 bits per heavy atom. The summed E-state index contributed by atoms with van der Waals surface area (Å²) in [5.74, 6) is 0.492. The highest BCUT2D eigenvalue weighted by Crippen LogP contribution is 2.24. The molecule has 28 heavy (non-hydrogen) atoms. The van der Waals surface area contributed by atoms with E-state index in [1.807, 2.05) is 13.8 Å². The summed E-state index contributed by atoms with van der Waals surface area (Å²) in [6.07, 6.45) is -0.0397. The quantitative estimate of drug-likeness (QED) is 0.823. The maximum atomic E-state index is 12.7. The molecule has 0 radical (unpaired) electrons. The van der Waals surface area contributed by atoms with E-state index in [0.29, 0.717) is 41.0 Å². The van der Waals surface area contributed by atoms with Gasteiger partial charge in [0.2, 0.25) is 0 Å². The maximum absolute atomic E-state index is 12.7. The summed E-state index contributed by atoms with van der Waals surface area (Å²) in [4.78, 5) is 31.3. The largest absolute Gasteiger partial charge is 0.497 e. The molecule has 1 aliphatic rings. The monoisotopic (exact) mass is 405 g/mol. The Labute approximate surface area is 167 Å². The average molecular weight is 405 g/mol. The zero-order chi connectivity index (χ0) is 20.3. The molecule has 2 atom stereocenters. The van der Waals surface area contributed by atoms with Gasteiger partial charge >= 0.3 is 0 Å². The van der Waals surface area contributed by atoms with Crippen LogP contribution in [0.25, 0.3) is 0 Å². The van der Waals surface area contributed by atoms with Crippen LogP contribution in [0.15, 0.2) is 23.6 Å². The molecule has 1 aromatic carbocycles. The fourth-order valence-electron chi connectivity index (χ4n) is 3.04. The van der Waals surface area contributed by atoms with E-state index in [1.165, 1.54) is 25.6 Å². The van der Waals surface area contributed by atoms with Crippen LogP contribution in [0, 0.1) is 0 Å². The molecule has 0 unspecified atom stereocenters. The summed E-state index contributed by atoms with van der Waals surface area (Å²) in [5, 5.41) is 4.72. The third kappa shape index (κ3) is 4.60. The van der Waals surface area contributed by atoms with Crippen molar-refractivity contribution < 1.29 is 23.8 Å². The van der Waals surface area contributed by atoms with Gasteiger partial charge in [-0.05, 0) is 26.0 Å². The second kappa shape index (κ2) is 8.57. The van der Waals surface area contributed by atoms with E-state index in [-0.39, 0.29) is 24.0 Å². The van der Waals surface area contributed by atoms with E-state index < -0.39 is 0 Å². The van der Waals surface area contributed by atoms with Crippen LogP contribution in [-0.4, -0.2) is 61.2 Å². The van der Waals surface area contributed by atoms with Gasteiger partial charge in [0.1, 0.15) is 17.2 Å². The number of hydrogen-bond donors (Lipinski definition) is 1. The number of ether oxygens (including phenoxy) is 3. The molecule has 1 aliphatic heterocycles. The van der Waals surface area contributed by atoms with E-state index in [9.17, 15) is 9.59 Å². The second-order valence-corrected chi connectivity index (χ2v) is 7.42. The van der Waals surface area contributed by atoms with Crippen LogP contribution in [0.2, 0.25) is 0 Å². The van der Waals surface area contributed by atoms with Gasteiger partial charge in [-0.3, -0.25) is 14.9 Å². The van der Waals surface area contributed by atoms with Gasteiger partial charge in [0.15, 0.2) is 5.13 Å². The topological polar surface area (TPSA) is 90.0 Å². The number of anilines is 1. The van der Waals surface area contributed by atoms with Crippen molar-refractivity contribution in [1.29, 1.82) is 0 Å². The van der Waals surface area contributed by atoms with Gasteiger partial charge in [0.25, 0.3) is 11.8 Å². The number of morpholine rings is 1. The Balaban J connectivity index is 1.70. The zero-order valence-electron chi connectivity index (χ0n) is 16.2. The minimum Gasteiger partial charge on any atom is -0.497 e. The lowest BCUT2D eigenvalue weighted by Crippen LogP contribution is -2.48. The van der Waals surface area contributed by atoms with Crippen LogP contribution < -0.4 is 14.8 Å². The third-order valence-electron chi connectivity index (χ3n) is 4.26. The Morgan fingerprint density at radius 3 is 2.32 bits per heavy atom. The molecule has 2 amide bonds. The van der Waals surface area contributed by atoms with Crippen molar-refractivity contribution in [3.63, 3.8) is 0 Å². The van der Waals surface area contributed by atoms with Gasteiger partial charge < -0.3 is 19.1 Å². The molecule has 2 aromatic rings. The molecular weight excluding hydrogens is 382 g/mol. The lowest BCUT2D eigenvalue weighted by molar-refractivity contribution is -0.0587. The molecule has 2 heterocycles. The Bertz CT molecular complexity index is 837. The number of nitrogens with one attached hydrogen (secondary N) is 1. The van der Waals surface area contributed by atoms with Crippen LogP contribution in [0.4, 0.5) is 5.13 Å². The number of hydrogen-bond acceptors (Lipinski definition) is 7. The molecule has 9 heteroatoms.